The van der Waals surface area contributed by atoms with Crippen molar-refractivity contribution in [3.05, 3.63) is 28.5 Å². The quantitative estimate of drug-likeness (QED) is 0.724. The minimum atomic E-state index is -2.48. The second kappa shape index (κ2) is 4.18. The lowest BCUT2D eigenvalue weighted by molar-refractivity contribution is 0.252. The second-order valence-corrected chi connectivity index (χ2v) is 3.84. The molecular formula is C7H4BrF3S. The fourth-order valence-electron chi connectivity index (χ4n) is 0.667. The van der Waals surface area contributed by atoms with E-state index in [0.717, 1.165) is 12.1 Å². The third kappa shape index (κ3) is 2.71. The van der Waals surface area contributed by atoms with E-state index in [0.29, 0.717) is 21.1 Å². The van der Waals surface area contributed by atoms with E-state index < -0.39 is 11.6 Å². The maximum Gasteiger partial charge on any atom is 0.288 e. The molecule has 0 unspecified atom stereocenters. The van der Waals surface area contributed by atoms with Gasteiger partial charge >= 0.3 is 0 Å². The molecular weight excluding hydrogens is 253 g/mol. The maximum atomic E-state index is 12.5. The Hall–Kier alpha value is -0.160. The summed E-state index contributed by atoms with van der Waals surface area (Å²) in [5.41, 5.74) is 0. The smallest absolute Gasteiger partial charge is 0.207 e. The van der Waals surface area contributed by atoms with E-state index in [1.165, 1.54) is 6.07 Å². The fourth-order valence-corrected chi connectivity index (χ4v) is 1.81. The van der Waals surface area contributed by atoms with Gasteiger partial charge in [-0.1, -0.05) is 11.8 Å². The first-order chi connectivity index (χ1) is 5.59. The van der Waals surface area contributed by atoms with Crippen LogP contribution in [-0.4, -0.2) is 5.76 Å². The zero-order chi connectivity index (χ0) is 9.14. The fraction of sp³-hybridized carbons (Fsp3) is 0.143. The molecule has 0 bridgehead atoms. The number of rotatable bonds is 2. The van der Waals surface area contributed by atoms with Crippen LogP contribution in [0.2, 0.25) is 0 Å². The molecule has 0 N–H and O–H groups in total. The van der Waals surface area contributed by atoms with E-state index in [2.05, 4.69) is 15.9 Å². The predicted molar refractivity (Wildman–Crippen MR) is 46.0 cm³/mol. The molecule has 1 rings (SSSR count). The van der Waals surface area contributed by atoms with Gasteiger partial charge in [-0.25, -0.2) is 4.39 Å². The number of thioether (sulfide) groups is 1. The Kier molecular flexibility index (Phi) is 3.46. The molecule has 0 spiro atoms. The Balaban J connectivity index is 2.86. The average molecular weight is 257 g/mol. The molecule has 0 saturated carbocycles. The molecule has 0 aliphatic heterocycles. The van der Waals surface area contributed by atoms with Gasteiger partial charge in [-0.15, -0.1) is 0 Å². The lowest BCUT2D eigenvalue weighted by Crippen LogP contribution is -1.83. The Labute approximate surface area is 80.3 Å². The molecule has 0 heterocycles. The van der Waals surface area contributed by atoms with Crippen molar-refractivity contribution in [3.63, 3.8) is 0 Å². The van der Waals surface area contributed by atoms with Gasteiger partial charge in [0.15, 0.2) is 0 Å². The number of halogens is 4. The summed E-state index contributed by atoms with van der Waals surface area (Å²) in [5.74, 6) is -2.92. The molecule has 0 saturated heterocycles. The molecule has 0 aromatic heterocycles. The highest BCUT2D eigenvalue weighted by molar-refractivity contribution is 9.10. The van der Waals surface area contributed by atoms with Crippen molar-refractivity contribution < 1.29 is 13.2 Å². The van der Waals surface area contributed by atoms with Crippen LogP contribution in [0.25, 0.3) is 0 Å². The van der Waals surface area contributed by atoms with Crippen molar-refractivity contribution >= 4 is 27.7 Å². The molecule has 0 fully saturated rings. The van der Waals surface area contributed by atoms with Gasteiger partial charge in [0.25, 0.3) is 5.76 Å². The molecule has 1 aromatic rings. The van der Waals surface area contributed by atoms with E-state index in [-0.39, 0.29) is 0 Å². The molecule has 0 amide bonds. The number of hydrogen-bond acceptors (Lipinski definition) is 1. The van der Waals surface area contributed by atoms with Crippen LogP contribution in [0.15, 0.2) is 27.6 Å². The maximum absolute atomic E-state index is 12.5. The van der Waals surface area contributed by atoms with E-state index in [9.17, 15) is 13.2 Å². The third-order valence-corrected chi connectivity index (χ3v) is 2.82. The van der Waals surface area contributed by atoms with Crippen LogP contribution in [0.4, 0.5) is 13.2 Å². The minimum absolute atomic E-state index is 0.339. The van der Waals surface area contributed by atoms with Crippen LogP contribution >= 0.6 is 27.7 Å². The lowest BCUT2D eigenvalue weighted by atomic mass is 10.3. The van der Waals surface area contributed by atoms with Crippen LogP contribution in [0.5, 0.6) is 0 Å². The first-order valence-corrected chi connectivity index (χ1v) is 4.66. The summed E-state index contributed by atoms with van der Waals surface area (Å²) in [6, 6.07) is 3.62. The van der Waals surface area contributed by atoms with Gasteiger partial charge in [0, 0.05) is 9.37 Å². The number of benzene rings is 1. The lowest BCUT2D eigenvalue weighted by Gasteiger charge is -2.01. The first kappa shape index (κ1) is 9.92. The summed E-state index contributed by atoms with van der Waals surface area (Å²) in [7, 11) is 0. The number of alkyl halides is 2. The summed E-state index contributed by atoms with van der Waals surface area (Å²) >= 11 is 3.37. The molecule has 12 heavy (non-hydrogen) atoms. The van der Waals surface area contributed by atoms with Crippen LogP contribution in [0, 0.1) is 5.82 Å². The van der Waals surface area contributed by atoms with Crippen LogP contribution in [0.3, 0.4) is 0 Å². The van der Waals surface area contributed by atoms with Gasteiger partial charge in [-0.05, 0) is 34.1 Å². The van der Waals surface area contributed by atoms with Crippen molar-refractivity contribution in [2.75, 3.05) is 0 Å². The summed E-state index contributed by atoms with van der Waals surface area (Å²) in [4.78, 5) is 0.339. The summed E-state index contributed by atoms with van der Waals surface area (Å²) in [5, 5.41) is 0. The standard InChI is InChI=1S/C7H4BrF3S/c8-5-3-4(9)1-2-6(5)12-7(10)11/h1-3,7H. The zero-order valence-electron chi connectivity index (χ0n) is 5.73. The minimum Gasteiger partial charge on any atom is -0.207 e. The highest BCUT2D eigenvalue weighted by Gasteiger charge is 2.08. The Morgan fingerprint density at radius 2 is 2.00 bits per heavy atom. The summed E-state index contributed by atoms with van der Waals surface area (Å²) < 4.78 is 36.5. The molecule has 0 aliphatic rings. The van der Waals surface area contributed by atoms with E-state index in [1.54, 1.807) is 0 Å². The van der Waals surface area contributed by atoms with Crippen molar-refractivity contribution in [3.8, 4) is 0 Å². The zero-order valence-corrected chi connectivity index (χ0v) is 8.13. The van der Waals surface area contributed by atoms with Gasteiger partial charge in [0.1, 0.15) is 5.82 Å². The SMILES string of the molecule is Fc1ccc(SC(F)F)c(Br)c1. The van der Waals surface area contributed by atoms with Gasteiger partial charge in [-0.3, -0.25) is 0 Å². The normalized spacial score (nSPS) is 10.8. The van der Waals surface area contributed by atoms with Crippen LogP contribution in [0.1, 0.15) is 0 Å². The average Bonchev–Trinajstić information content (AvgIpc) is 1.94. The second-order valence-electron chi connectivity index (χ2n) is 1.95. The molecule has 0 nitrogen and oxygen atoms in total. The molecule has 0 atom stereocenters. The van der Waals surface area contributed by atoms with Crippen molar-refractivity contribution in [2.45, 2.75) is 10.7 Å². The number of hydrogen-bond donors (Lipinski definition) is 0. The van der Waals surface area contributed by atoms with Crippen molar-refractivity contribution in [2.24, 2.45) is 0 Å². The monoisotopic (exact) mass is 256 g/mol. The summed E-state index contributed by atoms with van der Waals surface area (Å²) in [6.45, 7) is 0. The Morgan fingerprint density at radius 3 is 2.50 bits per heavy atom. The first-order valence-electron chi connectivity index (χ1n) is 2.99. The van der Waals surface area contributed by atoms with E-state index >= 15 is 0 Å². The topological polar surface area (TPSA) is 0 Å². The predicted octanol–water partition coefficient (Wildman–Crippen LogP) is 3.90. The van der Waals surface area contributed by atoms with Crippen LogP contribution < -0.4 is 0 Å². The van der Waals surface area contributed by atoms with E-state index in [4.69, 9.17) is 0 Å². The van der Waals surface area contributed by atoms with Gasteiger partial charge < -0.3 is 0 Å². The third-order valence-electron chi connectivity index (χ3n) is 1.11. The molecule has 0 radical (unpaired) electrons. The molecule has 1 aromatic carbocycles. The molecule has 0 aliphatic carbocycles. The highest BCUT2D eigenvalue weighted by Crippen LogP contribution is 2.31. The molecule has 5 heteroatoms. The van der Waals surface area contributed by atoms with Crippen molar-refractivity contribution in [1.82, 2.24) is 0 Å². The van der Waals surface area contributed by atoms with Crippen molar-refractivity contribution in [1.29, 1.82) is 0 Å². The summed E-state index contributed by atoms with van der Waals surface area (Å²) in [6.07, 6.45) is 0. The highest BCUT2D eigenvalue weighted by atomic mass is 79.9. The molecule has 66 valence electrons. The van der Waals surface area contributed by atoms with E-state index in [1.807, 2.05) is 0 Å². The van der Waals surface area contributed by atoms with Gasteiger partial charge in [-0.2, -0.15) is 8.78 Å². The largest absolute Gasteiger partial charge is 0.288 e. The van der Waals surface area contributed by atoms with Gasteiger partial charge in [0.05, 0.1) is 0 Å². The van der Waals surface area contributed by atoms with Crippen LogP contribution in [-0.2, 0) is 0 Å². The Bertz CT molecular complexity index is 277. The Morgan fingerprint density at radius 1 is 1.33 bits per heavy atom. The van der Waals surface area contributed by atoms with Gasteiger partial charge in [0.2, 0.25) is 0 Å².